The summed E-state index contributed by atoms with van der Waals surface area (Å²) in [5.41, 5.74) is 17.0. The van der Waals surface area contributed by atoms with Crippen molar-refractivity contribution in [2.75, 3.05) is 4.90 Å². The molecule has 5 heteroatoms. The van der Waals surface area contributed by atoms with Crippen LogP contribution < -0.4 is 4.90 Å². The van der Waals surface area contributed by atoms with Crippen molar-refractivity contribution in [2.24, 2.45) is 0 Å². The van der Waals surface area contributed by atoms with E-state index in [4.69, 9.17) is 9.97 Å². The van der Waals surface area contributed by atoms with E-state index in [1.54, 1.807) is 0 Å². The molecule has 3 heterocycles. The first-order valence-corrected chi connectivity index (χ1v) is 19.9. The van der Waals surface area contributed by atoms with Gasteiger partial charge in [0.2, 0.25) is 5.95 Å². The highest BCUT2D eigenvalue weighted by molar-refractivity contribution is 6.11. The zero-order valence-electron chi connectivity index (χ0n) is 32.1. The Hall–Kier alpha value is -7.50. The van der Waals surface area contributed by atoms with E-state index in [-0.39, 0.29) is 5.41 Å². The lowest BCUT2D eigenvalue weighted by atomic mass is 9.82. The van der Waals surface area contributed by atoms with Crippen molar-refractivity contribution < 1.29 is 0 Å². The number of aromatic nitrogens is 4. The molecule has 0 atom stereocenters. The highest BCUT2D eigenvalue weighted by Crippen LogP contribution is 2.50. The Morgan fingerprint density at radius 3 is 1.90 bits per heavy atom. The van der Waals surface area contributed by atoms with Gasteiger partial charge in [-0.1, -0.05) is 123 Å². The lowest BCUT2D eigenvalue weighted by Crippen LogP contribution is -2.16. The number of nitrogens with zero attached hydrogens (tertiary/aromatic N) is 5. The quantitative estimate of drug-likeness (QED) is 0.176. The van der Waals surface area contributed by atoms with Crippen LogP contribution in [0.25, 0.3) is 77.6 Å². The number of anilines is 3. The highest BCUT2D eigenvalue weighted by atomic mass is 15.2. The van der Waals surface area contributed by atoms with Gasteiger partial charge in [-0.2, -0.15) is 0 Å². The molecule has 0 fully saturated rings. The molecule has 0 amide bonds. The summed E-state index contributed by atoms with van der Waals surface area (Å²) in [4.78, 5) is 12.8. The first-order valence-electron chi connectivity index (χ1n) is 19.9. The van der Waals surface area contributed by atoms with Gasteiger partial charge in [0.05, 0.1) is 27.6 Å². The summed E-state index contributed by atoms with van der Waals surface area (Å²) >= 11 is 0. The van der Waals surface area contributed by atoms with Crippen molar-refractivity contribution in [1.82, 2.24) is 18.9 Å². The molecule has 5 nitrogen and oxygen atoms in total. The molecule has 0 N–H and O–H groups in total. The highest BCUT2D eigenvalue weighted by Gasteiger charge is 2.35. The molecular weight excluding hydrogens is 707 g/mol. The van der Waals surface area contributed by atoms with Crippen LogP contribution in [0.3, 0.4) is 0 Å². The summed E-state index contributed by atoms with van der Waals surface area (Å²) < 4.78 is 4.52. The molecule has 12 rings (SSSR count). The minimum atomic E-state index is -0.0845. The Balaban J connectivity index is 0.986. The van der Waals surface area contributed by atoms with Crippen LogP contribution in [0.2, 0.25) is 0 Å². The van der Waals surface area contributed by atoms with Gasteiger partial charge in [0.15, 0.2) is 0 Å². The van der Waals surface area contributed by atoms with Crippen LogP contribution >= 0.6 is 0 Å². The van der Waals surface area contributed by atoms with E-state index in [0.717, 1.165) is 72.8 Å². The van der Waals surface area contributed by atoms with Crippen molar-refractivity contribution in [2.45, 2.75) is 19.3 Å². The second-order valence-corrected chi connectivity index (χ2v) is 15.9. The summed E-state index contributed by atoms with van der Waals surface area (Å²) in [6.45, 7) is 4.69. The van der Waals surface area contributed by atoms with Gasteiger partial charge in [0.1, 0.15) is 5.65 Å². The Kier molecular flexibility index (Phi) is 6.91. The van der Waals surface area contributed by atoms with Crippen LogP contribution in [-0.2, 0) is 5.41 Å². The topological polar surface area (TPSA) is 38.4 Å². The SMILES string of the molecule is CC1(C)c2ccccc2-c2ccc(N(c3ccccc3)c3ccc(-c4ccc5c(c4)c4ccccc4n5-c4nc5ccccc5c5nc6ccccc6n45)cc3)cc21. The number of hydrogen-bond acceptors (Lipinski definition) is 3. The number of imidazole rings is 1. The molecule has 0 radical (unpaired) electrons. The minimum absolute atomic E-state index is 0.0845. The van der Waals surface area contributed by atoms with E-state index in [9.17, 15) is 0 Å². The standard InChI is InChI=1S/C53H37N5/c1-53(2)44-19-9-6-16-39(44)40-30-29-38(33-45(40)53)56(36-14-4-3-5-15-36)37-27-24-34(25-28-37)35-26-31-49-43(32-35)41-17-8-12-22-48(41)57(49)52-55-46-20-10-7-18-42(46)51-54-47-21-11-13-23-50(47)58(51)52/h3-33H,1-2H3. The third-order valence-corrected chi connectivity index (χ3v) is 12.3. The lowest BCUT2D eigenvalue weighted by molar-refractivity contribution is 0.660. The van der Waals surface area contributed by atoms with E-state index in [2.05, 4.69) is 204 Å². The van der Waals surface area contributed by atoms with Crippen molar-refractivity contribution in [1.29, 1.82) is 0 Å². The molecule has 0 aliphatic heterocycles. The largest absolute Gasteiger partial charge is 0.310 e. The monoisotopic (exact) mass is 743 g/mol. The molecule has 8 aromatic carbocycles. The van der Waals surface area contributed by atoms with Crippen LogP contribution in [0.15, 0.2) is 188 Å². The van der Waals surface area contributed by atoms with Crippen molar-refractivity contribution >= 4 is 66.5 Å². The molecule has 0 unspecified atom stereocenters. The van der Waals surface area contributed by atoms with E-state index < -0.39 is 0 Å². The second-order valence-electron chi connectivity index (χ2n) is 15.9. The third-order valence-electron chi connectivity index (χ3n) is 12.3. The van der Waals surface area contributed by atoms with E-state index in [1.807, 2.05) is 12.1 Å². The van der Waals surface area contributed by atoms with Crippen LogP contribution in [0.5, 0.6) is 0 Å². The maximum absolute atomic E-state index is 5.34. The first-order chi connectivity index (χ1) is 28.5. The normalized spacial score (nSPS) is 13.1. The average molecular weight is 744 g/mol. The van der Waals surface area contributed by atoms with Gasteiger partial charge in [-0.15, -0.1) is 0 Å². The van der Waals surface area contributed by atoms with Gasteiger partial charge in [-0.3, -0.25) is 8.97 Å². The van der Waals surface area contributed by atoms with Crippen LogP contribution in [0.4, 0.5) is 17.1 Å². The van der Waals surface area contributed by atoms with Gasteiger partial charge in [0, 0.05) is 38.6 Å². The van der Waals surface area contributed by atoms with Crippen LogP contribution in [-0.4, -0.2) is 18.9 Å². The predicted molar refractivity (Wildman–Crippen MR) is 240 cm³/mol. The summed E-state index contributed by atoms with van der Waals surface area (Å²) in [6, 6.07) is 67.6. The fraction of sp³-hybridized carbons (Fsp3) is 0.0566. The molecule has 0 spiro atoms. The molecule has 3 aromatic heterocycles. The summed E-state index contributed by atoms with van der Waals surface area (Å²) in [6.07, 6.45) is 0. The molecule has 0 saturated heterocycles. The van der Waals surface area contributed by atoms with Crippen LogP contribution in [0.1, 0.15) is 25.0 Å². The Morgan fingerprint density at radius 1 is 0.431 bits per heavy atom. The molecule has 1 aliphatic carbocycles. The molecule has 1 aliphatic rings. The number of rotatable bonds is 5. The third kappa shape index (κ3) is 4.71. The summed E-state index contributed by atoms with van der Waals surface area (Å²) in [7, 11) is 0. The number of fused-ring (bicyclic) bond motifs is 11. The molecule has 0 saturated carbocycles. The average Bonchev–Trinajstić information content (AvgIpc) is 3.90. The van der Waals surface area contributed by atoms with Crippen molar-refractivity contribution in [3.05, 3.63) is 199 Å². The Labute approximate surface area is 335 Å². The fourth-order valence-corrected chi connectivity index (χ4v) is 9.50. The predicted octanol–water partition coefficient (Wildman–Crippen LogP) is 13.6. The second kappa shape index (κ2) is 12.2. The van der Waals surface area contributed by atoms with E-state index >= 15 is 0 Å². The molecule has 58 heavy (non-hydrogen) atoms. The molecule has 274 valence electrons. The van der Waals surface area contributed by atoms with Gasteiger partial charge < -0.3 is 4.90 Å². The van der Waals surface area contributed by atoms with E-state index in [0.29, 0.717) is 0 Å². The van der Waals surface area contributed by atoms with Crippen molar-refractivity contribution in [3.8, 4) is 28.2 Å². The zero-order chi connectivity index (χ0) is 38.5. The van der Waals surface area contributed by atoms with E-state index in [1.165, 1.54) is 33.0 Å². The summed E-state index contributed by atoms with van der Waals surface area (Å²) in [5.74, 6) is 0.825. The van der Waals surface area contributed by atoms with Crippen LogP contribution in [0, 0.1) is 0 Å². The van der Waals surface area contributed by atoms with Gasteiger partial charge in [-0.05, 0) is 112 Å². The molecule has 0 bridgehead atoms. The zero-order valence-corrected chi connectivity index (χ0v) is 32.1. The maximum atomic E-state index is 5.34. The van der Waals surface area contributed by atoms with Gasteiger partial charge >= 0.3 is 0 Å². The lowest BCUT2D eigenvalue weighted by Gasteiger charge is -2.28. The smallest absolute Gasteiger partial charge is 0.221 e. The summed E-state index contributed by atoms with van der Waals surface area (Å²) in [5, 5.41) is 3.39. The Bertz CT molecular complexity index is 3430. The van der Waals surface area contributed by atoms with Crippen molar-refractivity contribution in [3.63, 3.8) is 0 Å². The molecular formula is C53H37N5. The van der Waals surface area contributed by atoms with Gasteiger partial charge in [0.25, 0.3) is 0 Å². The number of para-hydroxylation sites is 5. The molecule has 11 aromatic rings. The number of hydrogen-bond donors (Lipinski definition) is 0. The minimum Gasteiger partial charge on any atom is -0.310 e. The maximum Gasteiger partial charge on any atom is 0.221 e. The Morgan fingerprint density at radius 2 is 1.05 bits per heavy atom. The fourth-order valence-electron chi connectivity index (χ4n) is 9.50. The number of benzene rings is 8. The first kappa shape index (κ1) is 32.7. The van der Waals surface area contributed by atoms with Gasteiger partial charge in [-0.25, -0.2) is 9.97 Å².